The molecule has 1 heterocycles. The number of hydrogen-bond acceptors (Lipinski definition) is 1. The fourth-order valence-electron chi connectivity index (χ4n) is 2.35. The Morgan fingerprint density at radius 3 is 2.74 bits per heavy atom. The number of anilines is 1. The number of allylic oxidation sites excluding steroid dienone is 2. The zero-order valence-corrected chi connectivity index (χ0v) is 13.4. The van der Waals surface area contributed by atoms with Crippen LogP contribution in [0, 0.1) is 17.8 Å². The molecule has 23 heavy (non-hydrogen) atoms. The molecule has 1 aromatic rings. The van der Waals surface area contributed by atoms with Gasteiger partial charge in [-0.1, -0.05) is 39.9 Å². The predicted octanol–water partition coefficient (Wildman–Crippen LogP) is 4.31. The van der Waals surface area contributed by atoms with E-state index in [0.29, 0.717) is 10.4 Å². The van der Waals surface area contributed by atoms with Gasteiger partial charge < -0.3 is 10.6 Å². The summed E-state index contributed by atoms with van der Waals surface area (Å²) in [6.07, 6.45) is 0.550. The molecule has 1 aromatic carbocycles. The third-order valence-corrected chi connectivity index (χ3v) is 4.19. The van der Waals surface area contributed by atoms with Crippen LogP contribution in [-0.2, 0) is 5.54 Å². The maximum absolute atomic E-state index is 13.8. The number of benzene rings is 1. The van der Waals surface area contributed by atoms with Crippen LogP contribution < -0.4 is 10.6 Å². The first-order valence-corrected chi connectivity index (χ1v) is 7.76. The first kappa shape index (κ1) is 15.9. The number of amides is 2. The lowest BCUT2D eigenvalue weighted by molar-refractivity contribution is -0.178. The van der Waals surface area contributed by atoms with Crippen LogP contribution in [0.25, 0.3) is 0 Å². The van der Waals surface area contributed by atoms with Gasteiger partial charge in [0.05, 0.1) is 5.69 Å². The Kier molecular flexibility index (Phi) is 3.88. The molecule has 1 aliphatic carbocycles. The van der Waals surface area contributed by atoms with Gasteiger partial charge in [-0.15, -0.1) is 0 Å². The highest BCUT2D eigenvalue weighted by Crippen LogP contribution is 2.44. The summed E-state index contributed by atoms with van der Waals surface area (Å²) in [5, 5.41) is 4.33. The van der Waals surface area contributed by atoms with Crippen molar-refractivity contribution in [3.05, 3.63) is 40.4 Å². The number of hydrogen-bond donors (Lipinski definition) is 2. The maximum atomic E-state index is 13.8. The van der Waals surface area contributed by atoms with E-state index in [1.54, 1.807) is 6.08 Å². The third kappa shape index (κ3) is 3.08. The van der Waals surface area contributed by atoms with Crippen LogP contribution in [0.15, 0.2) is 34.8 Å². The van der Waals surface area contributed by atoms with Crippen molar-refractivity contribution in [3.63, 3.8) is 0 Å². The summed E-state index contributed by atoms with van der Waals surface area (Å²) in [6.45, 7) is 0. The van der Waals surface area contributed by atoms with Gasteiger partial charge in [0.15, 0.2) is 0 Å². The minimum atomic E-state index is -4.76. The number of rotatable bonds is 1. The molecule has 0 spiro atoms. The standard InChI is InChI=1S/C16H12BrF3N2O/c17-11-6-7-12-13(9-11)21-14(23)22-15(12,16(18,19)20)8-2-1-3-10-4-5-10/h1,3,6-7,9-10H,4-5H2,(H2,21,22,23)/b3-1+/t15-/m0/s1. The molecular formula is C16H12BrF3N2O. The summed E-state index contributed by atoms with van der Waals surface area (Å²) in [6, 6.07) is 3.28. The van der Waals surface area contributed by atoms with Crippen LogP contribution in [0.4, 0.5) is 23.7 Å². The minimum Gasteiger partial charge on any atom is -0.310 e. The Morgan fingerprint density at radius 2 is 2.09 bits per heavy atom. The average molecular weight is 385 g/mol. The van der Waals surface area contributed by atoms with Crippen LogP contribution in [0.2, 0.25) is 0 Å². The highest BCUT2D eigenvalue weighted by molar-refractivity contribution is 9.10. The molecule has 2 N–H and O–H groups in total. The topological polar surface area (TPSA) is 41.1 Å². The predicted molar refractivity (Wildman–Crippen MR) is 83.7 cm³/mol. The van der Waals surface area contributed by atoms with Gasteiger partial charge in [0.2, 0.25) is 5.54 Å². The van der Waals surface area contributed by atoms with E-state index in [-0.39, 0.29) is 11.3 Å². The minimum absolute atomic E-state index is 0.0842. The molecule has 1 saturated carbocycles. The van der Waals surface area contributed by atoms with Gasteiger partial charge >= 0.3 is 12.2 Å². The van der Waals surface area contributed by atoms with Crippen LogP contribution in [0.3, 0.4) is 0 Å². The van der Waals surface area contributed by atoms with Crippen molar-refractivity contribution in [2.24, 2.45) is 5.92 Å². The van der Waals surface area contributed by atoms with Crippen molar-refractivity contribution in [2.75, 3.05) is 5.32 Å². The molecule has 2 aliphatic rings. The summed E-state index contributed by atoms with van der Waals surface area (Å²) in [7, 11) is 0. The normalized spacial score (nSPS) is 23.6. The molecule has 0 radical (unpaired) electrons. The molecule has 0 saturated heterocycles. The summed E-state index contributed by atoms with van der Waals surface area (Å²) >= 11 is 3.18. The van der Waals surface area contributed by atoms with Crippen molar-refractivity contribution in [1.82, 2.24) is 5.32 Å². The van der Waals surface area contributed by atoms with Gasteiger partial charge in [-0.3, -0.25) is 0 Å². The Balaban J connectivity index is 2.10. The fraction of sp³-hybridized carbons (Fsp3) is 0.312. The molecule has 3 nitrogen and oxygen atoms in total. The zero-order chi connectivity index (χ0) is 16.7. The van der Waals surface area contributed by atoms with Crippen molar-refractivity contribution in [2.45, 2.75) is 24.6 Å². The van der Waals surface area contributed by atoms with Gasteiger partial charge in [0.1, 0.15) is 0 Å². The van der Waals surface area contributed by atoms with Crippen molar-refractivity contribution in [1.29, 1.82) is 0 Å². The first-order valence-electron chi connectivity index (χ1n) is 6.97. The lowest BCUT2D eigenvalue weighted by atomic mass is 9.86. The van der Waals surface area contributed by atoms with Crippen LogP contribution in [0.5, 0.6) is 0 Å². The zero-order valence-electron chi connectivity index (χ0n) is 11.8. The van der Waals surface area contributed by atoms with Crippen molar-refractivity contribution >= 4 is 27.6 Å². The monoisotopic (exact) mass is 384 g/mol. The largest absolute Gasteiger partial charge is 0.427 e. The lowest BCUT2D eigenvalue weighted by Crippen LogP contribution is -2.59. The van der Waals surface area contributed by atoms with E-state index >= 15 is 0 Å². The number of carbonyl (C=O) groups excluding carboxylic acids is 1. The second-order valence-electron chi connectivity index (χ2n) is 5.48. The Hall–Kier alpha value is -1.94. The molecule has 0 unspecified atom stereocenters. The SMILES string of the molecule is O=C1Nc2cc(Br)ccc2[C@@](C#C/C=C/C2CC2)(C(F)(F)F)N1. The summed E-state index contributed by atoms with van der Waals surface area (Å²) in [5.41, 5.74) is -2.76. The van der Waals surface area contributed by atoms with E-state index in [4.69, 9.17) is 0 Å². The lowest BCUT2D eigenvalue weighted by Gasteiger charge is -2.37. The number of alkyl halides is 3. The van der Waals surface area contributed by atoms with Gasteiger partial charge in [0, 0.05) is 10.0 Å². The second kappa shape index (κ2) is 5.60. The third-order valence-electron chi connectivity index (χ3n) is 3.69. The average Bonchev–Trinajstić information content (AvgIpc) is 3.25. The quantitative estimate of drug-likeness (QED) is 0.695. The molecule has 3 rings (SSSR count). The van der Waals surface area contributed by atoms with E-state index < -0.39 is 17.7 Å². The van der Waals surface area contributed by atoms with Gasteiger partial charge in [-0.05, 0) is 37.0 Å². The van der Waals surface area contributed by atoms with Gasteiger partial charge in [-0.2, -0.15) is 13.2 Å². The smallest absolute Gasteiger partial charge is 0.310 e. The molecule has 1 fully saturated rings. The maximum Gasteiger partial charge on any atom is 0.427 e. The number of halogens is 4. The second-order valence-corrected chi connectivity index (χ2v) is 6.40. The Labute approximate surface area is 139 Å². The number of fused-ring (bicyclic) bond motifs is 1. The van der Waals surface area contributed by atoms with Crippen LogP contribution in [0.1, 0.15) is 18.4 Å². The van der Waals surface area contributed by atoms with E-state index in [1.807, 2.05) is 5.32 Å². The fourth-order valence-corrected chi connectivity index (χ4v) is 2.71. The van der Waals surface area contributed by atoms with Gasteiger partial charge in [0.25, 0.3) is 0 Å². The van der Waals surface area contributed by atoms with E-state index in [0.717, 1.165) is 12.8 Å². The number of urea groups is 1. The van der Waals surface area contributed by atoms with Crippen LogP contribution in [-0.4, -0.2) is 12.2 Å². The molecule has 0 bridgehead atoms. The molecule has 1 aliphatic heterocycles. The van der Waals surface area contributed by atoms with E-state index in [1.165, 1.54) is 24.3 Å². The van der Waals surface area contributed by atoms with Crippen molar-refractivity contribution in [3.8, 4) is 11.8 Å². The molecule has 2 amide bonds. The molecule has 1 atom stereocenters. The summed E-state index contributed by atoms with van der Waals surface area (Å²) in [5.74, 6) is 5.07. The van der Waals surface area contributed by atoms with E-state index in [2.05, 4.69) is 33.1 Å². The highest BCUT2D eigenvalue weighted by Gasteiger charge is 2.59. The molecule has 0 aromatic heterocycles. The summed E-state index contributed by atoms with van der Waals surface area (Å²) < 4.78 is 41.9. The Bertz CT molecular complexity index is 744. The van der Waals surface area contributed by atoms with E-state index in [9.17, 15) is 18.0 Å². The number of nitrogens with one attached hydrogen (secondary N) is 2. The Morgan fingerprint density at radius 1 is 1.35 bits per heavy atom. The summed E-state index contributed by atoms with van der Waals surface area (Å²) in [4.78, 5) is 11.7. The van der Waals surface area contributed by atoms with Gasteiger partial charge in [-0.25, -0.2) is 4.79 Å². The number of carbonyl (C=O) groups is 1. The van der Waals surface area contributed by atoms with Crippen LogP contribution >= 0.6 is 15.9 Å². The first-order chi connectivity index (χ1) is 10.8. The highest BCUT2D eigenvalue weighted by atomic mass is 79.9. The molecule has 7 heteroatoms. The molecular weight excluding hydrogens is 373 g/mol. The van der Waals surface area contributed by atoms with Crippen molar-refractivity contribution < 1.29 is 18.0 Å². The molecule has 120 valence electrons.